The minimum atomic E-state index is 0.162. The van der Waals surface area contributed by atoms with Crippen LogP contribution in [0.25, 0.3) is 5.69 Å². The highest BCUT2D eigenvalue weighted by Crippen LogP contribution is 2.23. The minimum absolute atomic E-state index is 0.162. The van der Waals surface area contributed by atoms with Crippen LogP contribution in [-0.2, 0) is 4.74 Å². The monoisotopic (exact) mass is 409 g/mol. The molecule has 1 aromatic heterocycles. The van der Waals surface area contributed by atoms with Gasteiger partial charge < -0.3 is 14.2 Å². The minimum Gasteiger partial charge on any atom is -0.373 e. The lowest BCUT2D eigenvalue weighted by molar-refractivity contribution is -0.0728. The zero-order valence-corrected chi connectivity index (χ0v) is 18.8. The number of benzene rings is 1. The predicted octanol–water partition coefficient (Wildman–Crippen LogP) is 4.06. The summed E-state index contributed by atoms with van der Waals surface area (Å²) in [4.78, 5) is 17.6. The van der Waals surface area contributed by atoms with Crippen LogP contribution in [0.5, 0.6) is 0 Å². The van der Waals surface area contributed by atoms with Crippen molar-refractivity contribution in [1.82, 2.24) is 14.4 Å². The van der Waals surface area contributed by atoms with Gasteiger partial charge in [-0.2, -0.15) is 0 Å². The lowest BCUT2D eigenvalue weighted by Crippen LogP contribution is -2.48. The Hall–Kier alpha value is -2.11. The van der Waals surface area contributed by atoms with E-state index in [2.05, 4.69) is 61.4 Å². The number of morpholine rings is 1. The lowest BCUT2D eigenvalue weighted by atomic mass is 9.95. The molecular weight excluding hydrogens is 374 g/mol. The fraction of sp³-hybridized carbons (Fsp3) is 0.560. The van der Waals surface area contributed by atoms with E-state index in [4.69, 9.17) is 4.74 Å². The number of hydrogen-bond donors (Lipinski definition) is 0. The first-order valence-corrected chi connectivity index (χ1v) is 11.3. The molecule has 0 radical (unpaired) electrons. The van der Waals surface area contributed by atoms with E-state index in [1.165, 1.54) is 11.4 Å². The summed E-state index contributed by atoms with van der Waals surface area (Å²) in [5.41, 5.74) is 4.31. The van der Waals surface area contributed by atoms with E-state index in [0.29, 0.717) is 18.1 Å². The molecule has 2 aromatic rings. The molecule has 0 spiro atoms. The molecule has 0 aliphatic carbocycles. The van der Waals surface area contributed by atoms with Crippen molar-refractivity contribution in [3.05, 3.63) is 53.3 Å². The van der Waals surface area contributed by atoms with Crippen LogP contribution in [-0.4, -0.2) is 65.2 Å². The second kappa shape index (κ2) is 8.94. The number of aryl methyl sites for hydroxylation is 2. The van der Waals surface area contributed by atoms with Crippen LogP contribution in [0.3, 0.4) is 0 Å². The Kier molecular flexibility index (Phi) is 6.30. The fourth-order valence-electron chi connectivity index (χ4n) is 5.13. The molecule has 1 amide bonds. The zero-order chi connectivity index (χ0) is 21.3. The number of aromatic nitrogens is 1. The van der Waals surface area contributed by atoms with Crippen molar-refractivity contribution >= 4 is 5.91 Å². The van der Waals surface area contributed by atoms with E-state index in [1.807, 2.05) is 17.0 Å². The highest BCUT2D eigenvalue weighted by Gasteiger charge is 2.28. The Morgan fingerprint density at radius 2 is 1.50 bits per heavy atom. The zero-order valence-electron chi connectivity index (χ0n) is 18.8. The van der Waals surface area contributed by atoms with Crippen LogP contribution in [0.2, 0.25) is 0 Å². The maximum Gasteiger partial charge on any atom is 0.253 e. The van der Waals surface area contributed by atoms with Crippen LogP contribution in [0.4, 0.5) is 0 Å². The molecule has 0 saturated carbocycles. The van der Waals surface area contributed by atoms with Crippen molar-refractivity contribution in [1.29, 1.82) is 0 Å². The number of nitrogens with zero attached hydrogens (tertiary/aromatic N) is 3. The molecule has 5 heteroatoms. The quantitative estimate of drug-likeness (QED) is 0.764. The van der Waals surface area contributed by atoms with Gasteiger partial charge in [-0.25, -0.2) is 0 Å². The average Bonchev–Trinajstić information content (AvgIpc) is 3.05. The van der Waals surface area contributed by atoms with Gasteiger partial charge in [0.2, 0.25) is 0 Å². The third-order valence-electron chi connectivity index (χ3n) is 6.56. The summed E-state index contributed by atoms with van der Waals surface area (Å²) in [7, 11) is 0. The van der Waals surface area contributed by atoms with Gasteiger partial charge in [-0.15, -0.1) is 0 Å². The van der Waals surface area contributed by atoms with Gasteiger partial charge in [-0.05, 0) is 82.9 Å². The Morgan fingerprint density at radius 3 is 2.07 bits per heavy atom. The van der Waals surface area contributed by atoms with E-state index in [9.17, 15) is 4.79 Å². The van der Waals surface area contributed by atoms with Crippen LogP contribution >= 0.6 is 0 Å². The summed E-state index contributed by atoms with van der Waals surface area (Å²) in [6.07, 6.45) is 2.81. The lowest BCUT2D eigenvalue weighted by Gasteiger charge is -2.39. The Morgan fingerprint density at radius 1 is 0.933 bits per heavy atom. The molecule has 2 aliphatic rings. The standard InChI is InChI=1S/C25H35N3O2/c1-18-5-6-19(2)28(18)24-9-7-23(8-10-24)25(29)27-13-11-22(12-14-27)17-26-15-20(3)30-21(4)16-26/h5-10,20-22H,11-17H2,1-4H3. The first-order chi connectivity index (χ1) is 14.4. The maximum atomic E-state index is 13.0. The highest BCUT2D eigenvalue weighted by molar-refractivity contribution is 5.94. The molecule has 2 saturated heterocycles. The maximum absolute atomic E-state index is 13.0. The number of likely N-dealkylation sites (tertiary alicyclic amines) is 1. The molecule has 2 unspecified atom stereocenters. The van der Waals surface area contributed by atoms with Crippen molar-refractivity contribution in [3.8, 4) is 5.69 Å². The number of hydrogen-bond acceptors (Lipinski definition) is 3. The molecule has 2 aliphatic heterocycles. The first kappa shape index (κ1) is 21.1. The Balaban J connectivity index is 1.32. The normalized spacial score (nSPS) is 23.7. The number of carbonyl (C=O) groups is 1. The van der Waals surface area contributed by atoms with Crippen molar-refractivity contribution in [2.45, 2.75) is 52.7 Å². The number of rotatable bonds is 4. The van der Waals surface area contributed by atoms with Crippen LogP contribution < -0.4 is 0 Å². The molecule has 162 valence electrons. The largest absolute Gasteiger partial charge is 0.373 e. The molecule has 30 heavy (non-hydrogen) atoms. The number of piperidine rings is 1. The number of ether oxygens (including phenoxy) is 1. The fourth-order valence-corrected chi connectivity index (χ4v) is 5.13. The summed E-state index contributed by atoms with van der Waals surface area (Å²) in [6.45, 7) is 13.4. The molecule has 3 heterocycles. The van der Waals surface area contributed by atoms with Gasteiger partial charge in [-0.1, -0.05) is 0 Å². The molecule has 0 N–H and O–H groups in total. The van der Waals surface area contributed by atoms with Gasteiger partial charge in [-0.3, -0.25) is 9.69 Å². The second-order valence-corrected chi connectivity index (χ2v) is 9.21. The molecule has 5 nitrogen and oxygen atoms in total. The van der Waals surface area contributed by atoms with E-state index in [1.54, 1.807) is 0 Å². The number of amides is 1. The van der Waals surface area contributed by atoms with Crippen LogP contribution in [0.15, 0.2) is 36.4 Å². The van der Waals surface area contributed by atoms with E-state index in [0.717, 1.165) is 56.8 Å². The summed E-state index contributed by atoms with van der Waals surface area (Å²) in [5, 5.41) is 0. The third-order valence-corrected chi connectivity index (χ3v) is 6.56. The van der Waals surface area contributed by atoms with Gasteiger partial charge in [0.15, 0.2) is 0 Å². The summed E-state index contributed by atoms with van der Waals surface area (Å²) >= 11 is 0. The smallest absolute Gasteiger partial charge is 0.253 e. The third kappa shape index (κ3) is 4.62. The second-order valence-electron chi connectivity index (χ2n) is 9.21. The first-order valence-electron chi connectivity index (χ1n) is 11.3. The average molecular weight is 410 g/mol. The predicted molar refractivity (Wildman–Crippen MR) is 120 cm³/mol. The van der Waals surface area contributed by atoms with Crippen molar-refractivity contribution in [2.24, 2.45) is 5.92 Å². The van der Waals surface area contributed by atoms with Gasteiger partial charge in [0.05, 0.1) is 12.2 Å². The Bertz CT molecular complexity index is 836. The SMILES string of the molecule is Cc1ccc(C)n1-c1ccc(C(=O)N2CCC(CN3CC(C)OC(C)C3)CC2)cc1. The van der Waals surface area contributed by atoms with Crippen LogP contribution in [0, 0.1) is 19.8 Å². The molecule has 1 aromatic carbocycles. The van der Waals surface area contributed by atoms with Gasteiger partial charge in [0.25, 0.3) is 5.91 Å². The number of carbonyl (C=O) groups excluding carboxylic acids is 1. The van der Waals surface area contributed by atoms with E-state index < -0.39 is 0 Å². The van der Waals surface area contributed by atoms with E-state index >= 15 is 0 Å². The molecule has 4 rings (SSSR count). The summed E-state index contributed by atoms with van der Waals surface area (Å²) in [5.74, 6) is 0.836. The van der Waals surface area contributed by atoms with Gasteiger partial charge in [0, 0.05) is 55.4 Å². The van der Waals surface area contributed by atoms with Gasteiger partial charge in [0.1, 0.15) is 0 Å². The van der Waals surface area contributed by atoms with E-state index in [-0.39, 0.29) is 5.91 Å². The van der Waals surface area contributed by atoms with Crippen molar-refractivity contribution in [2.75, 3.05) is 32.7 Å². The molecular formula is C25H35N3O2. The van der Waals surface area contributed by atoms with Crippen molar-refractivity contribution < 1.29 is 9.53 Å². The Labute approximate surface area is 180 Å². The summed E-state index contributed by atoms with van der Waals surface area (Å²) < 4.78 is 8.07. The van der Waals surface area contributed by atoms with Crippen LogP contribution in [0.1, 0.15) is 48.4 Å². The van der Waals surface area contributed by atoms with Crippen molar-refractivity contribution in [3.63, 3.8) is 0 Å². The topological polar surface area (TPSA) is 37.7 Å². The molecule has 0 bridgehead atoms. The van der Waals surface area contributed by atoms with Gasteiger partial charge >= 0.3 is 0 Å². The molecule has 2 atom stereocenters. The summed E-state index contributed by atoms with van der Waals surface area (Å²) in [6, 6.07) is 12.3. The molecule has 2 fully saturated rings. The highest BCUT2D eigenvalue weighted by atomic mass is 16.5.